The van der Waals surface area contributed by atoms with E-state index in [2.05, 4.69) is 0 Å². The zero-order chi connectivity index (χ0) is 20.1. The molecule has 1 saturated heterocycles. The fourth-order valence-corrected chi connectivity index (χ4v) is 3.77. The van der Waals surface area contributed by atoms with Crippen LogP contribution in [0, 0.1) is 13.8 Å². The van der Waals surface area contributed by atoms with Gasteiger partial charge in [0.15, 0.2) is 0 Å². The summed E-state index contributed by atoms with van der Waals surface area (Å²) in [6.07, 6.45) is 2.30. The summed E-state index contributed by atoms with van der Waals surface area (Å²) in [4.78, 5) is 14.5. The number of carbonyl (C=O) groups is 1. The quantitative estimate of drug-likeness (QED) is 0.811. The summed E-state index contributed by atoms with van der Waals surface area (Å²) in [5, 5.41) is 11.7. The van der Waals surface area contributed by atoms with Gasteiger partial charge in [0.1, 0.15) is 18.0 Å². The molecule has 0 aliphatic carbocycles. The first-order valence-electron chi connectivity index (χ1n) is 9.80. The number of aliphatic hydroxyl groups is 1. The Morgan fingerprint density at radius 1 is 1.14 bits per heavy atom. The molecular weight excluding hydrogens is 374 g/mol. The number of hydrogen-bond donors (Lipinski definition) is 1. The number of carbonyl (C=O) groups excluding carboxylic acids is 1. The van der Waals surface area contributed by atoms with Crippen molar-refractivity contribution in [2.75, 3.05) is 19.7 Å². The molecule has 150 valence electrons. The molecule has 28 heavy (non-hydrogen) atoms. The van der Waals surface area contributed by atoms with Crippen molar-refractivity contribution in [1.82, 2.24) is 4.90 Å². The molecule has 4 nitrogen and oxygen atoms in total. The van der Waals surface area contributed by atoms with Crippen LogP contribution in [0.1, 0.15) is 36.0 Å². The molecule has 1 fully saturated rings. The summed E-state index contributed by atoms with van der Waals surface area (Å²) < 4.78 is 5.90. The zero-order valence-corrected chi connectivity index (χ0v) is 17.3. The molecule has 2 aromatic rings. The van der Waals surface area contributed by atoms with Gasteiger partial charge in [-0.2, -0.15) is 0 Å². The second kappa shape index (κ2) is 8.97. The third-order valence-electron chi connectivity index (χ3n) is 5.39. The van der Waals surface area contributed by atoms with E-state index in [1.165, 1.54) is 0 Å². The molecule has 2 aromatic carbocycles. The van der Waals surface area contributed by atoms with Crippen molar-refractivity contribution in [2.45, 2.75) is 45.1 Å². The van der Waals surface area contributed by atoms with Gasteiger partial charge in [-0.05, 0) is 61.9 Å². The van der Waals surface area contributed by atoms with Gasteiger partial charge in [0.2, 0.25) is 5.91 Å². The van der Waals surface area contributed by atoms with Crippen LogP contribution in [0.25, 0.3) is 0 Å². The molecule has 1 aliphatic heterocycles. The van der Waals surface area contributed by atoms with Crippen molar-refractivity contribution < 1.29 is 14.6 Å². The highest BCUT2D eigenvalue weighted by Crippen LogP contribution is 2.28. The highest BCUT2D eigenvalue weighted by molar-refractivity contribution is 6.32. The van der Waals surface area contributed by atoms with Crippen molar-refractivity contribution >= 4 is 17.5 Å². The largest absolute Gasteiger partial charge is 0.491 e. The molecule has 1 N–H and O–H groups in total. The Bertz CT molecular complexity index is 801. The number of benzene rings is 2. The Kier molecular flexibility index (Phi) is 6.63. The number of rotatable bonds is 5. The molecule has 0 aromatic heterocycles. The third kappa shape index (κ3) is 5.27. The molecule has 0 radical (unpaired) electrons. The summed E-state index contributed by atoms with van der Waals surface area (Å²) in [7, 11) is 0. The van der Waals surface area contributed by atoms with Crippen LogP contribution in [0.5, 0.6) is 5.75 Å². The van der Waals surface area contributed by atoms with Crippen LogP contribution in [0.3, 0.4) is 0 Å². The molecule has 1 amide bonds. The van der Waals surface area contributed by atoms with E-state index in [9.17, 15) is 9.90 Å². The average molecular weight is 402 g/mol. The minimum atomic E-state index is -0.927. The molecule has 1 unspecified atom stereocenters. The van der Waals surface area contributed by atoms with Crippen LogP contribution in [0.15, 0.2) is 42.5 Å². The SMILES string of the molecule is Cc1cc(OCC2(O)CCCN(C(=O)Cc3ccccc3)CC2)cc(C)c1Cl. The number of ether oxygens (including phenoxy) is 1. The van der Waals surface area contributed by atoms with Crippen molar-refractivity contribution in [2.24, 2.45) is 0 Å². The molecular formula is C23H28ClNO3. The fourth-order valence-electron chi connectivity index (χ4n) is 3.66. The van der Waals surface area contributed by atoms with Crippen molar-refractivity contribution in [3.8, 4) is 5.75 Å². The molecule has 0 saturated carbocycles. The number of hydrogen-bond acceptors (Lipinski definition) is 3. The number of aryl methyl sites for hydroxylation is 2. The lowest BCUT2D eigenvalue weighted by Gasteiger charge is -2.27. The lowest BCUT2D eigenvalue weighted by atomic mass is 9.96. The predicted molar refractivity (Wildman–Crippen MR) is 112 cm³/mol. The summed E-state index contributed by atoms with van der Waals surface area (Å²) in [6, 6.07) is 13.6. The molecule has 1 heterocycles. The average Bonchev–Trinajstić information content (AvgIpc) is 2.87. The zero-order valence-electron chi connectivity index (χ0n) is 16.6. The molecule has 1 aliphatic rings. The van der Waals surface area contributed by atoms with E-state index >= 15 is 0 Å². The first-order valence-corrected chi connectivity index (χ1v) is 10.2. The van der Waals surface area contributed by atoms with E-state index in [0.717, 1.165) is 28.1 Å². The van der Waals surface area contributed by atoms with Gasteiger partial charge in [-0.1, -0.05) is 41.9 Å². The highest BCUT2D eigenvalue weighted by Gasteiger charge is 2.32. The first kappa shape index (κ1) is 20.7. The van der Waals surface area contributed by atoms with Crippen LogP contribution in [0.2, 0.25) is 5.02 Å². The Balaban J connectivity index is 1.57. The number of likely N-dealkylation sites (tertiary alicyclic amines) is 1. The Labute approximate surface area is 172 Å². The maximum absolute atomic E-state index is 12.6. The normalized spacial score (nSPS) is 19.9. The van der Waals surface area contributed by atoms with Gasteiger partial charge in [0.25, 0.3) is 0 Å². The van der Waals surface area contributed by atoms with Crippen molar-refractivity contribution in [1.29, 1.82) is 0 Å². The van der Waals surface area contributed by atoms with Crippen molar-refractivity contribution in [3.05, 3.63) is 64.2 Å². The summed E-state index contributed by atoms with van der Waals surface area (Å²) in [5.74, 6) is 0.828. The summed E-state index contributed by atoms with van der Waals surface area (Å²) in [5.41, 5.74) is 2.01. The Hall–Kier alpha value is -2.04. The van der Waals surface area contributed by atoms with E-state index in [-0.39, 0.29) is 12.5 Å². The standard InChI is InChI=1S/C23H28ClNO3/c1-17-13-20(14-18(2)22(17)24)28-16-23(27)9-6-11-25(12-10-23)21(26)15-19-7-4-3-5-8-19/h3-5,7-8,13-14,27H,6,9-12,15-16H2,1-2H3. The molecule has 3 rings (SSSR count). The summed E-state index contributed by atoms with van der Waals surface area (Å²) >= 11 is 6.21. The smallest absolute Gasteiger partial charge is 0.226 e. The van der Waals surface area contributed by atoms with E-state index in [0.29, 0.717) is 38.1 Å². The molecule has 5 heteroatoms. The van der Waals surface area contributed by atoms with Crippen molar-refractivity contribution in [3.63, 3.8) is 0 Å². The van der Waals surface area contributed by atoms with Crippen LogP contribution in [-0.2, 0) is 11.2 Å². The second-order valence-electron chi connectivity index (χ2n) is 7.78. The topological polar surface area (TPSA) is 49.8 Å². The van der Waals surface area contributed by atoms with Gasteiger partial charge < -0.3 is 14.7 Å². The predicted octanol–water partition coefficient (Wildman–Crippen LogP) is 4.32. The highest BCUT2D eigenvalue weighted by atomic mass is 35.5. The van der Waals surface area contributed by atoms with E-state index in [1.807, 2.05) is 61.2 Å². The van der Waals surface area contributed by atoms with Crippen LogP contribution in [0.4, 0.5) is 0 Å². The van der Waals surface area contributed by atoms with Gasteiger partial charge in [0, 0.05) is 18.1 Å². The maximum Gasteiger partial charge on any atom is 0.226 e. The van der Waals surface area contributed by atoms with Gasteiger partial charge >= 0.3 is 0 Å². The van der Waals surface area contributed by atoms with Gasteiger partial charge in [-0.15, -0.1) is 0 Å². The van der Waals surface area contributed by atoms with Gasteiger partial charge in [0.05, 0.1) is 6.42 Å². The van der Waals surface area contributed by atoms with Gasteiger partial charge in [-0.25, -0.2) is 0 Å². The van der Waals surface area contributed by atoms with E-state index < -0.39 is 5.60 Å². The number of amides is 1. The minimum Gasteiger partial charge on any atom is -0.491 e. The lowest BCUT2D eigenvalue weighted by Crippen LogP contribution is -2.38. The first-order chi connectivity index (χ1) is 13.4. The maximum atomic E-state index is 12.6. The summed E-state index contributed by atoms with van der Waals surface area (Å²) in [6.45, 7) is 5.32. The van der Waals surface area contributed by atoms with Crippen LogP contribution in [-0.4, -0.2) is 41.2 Å². The second-order valence-corrected chi connectivity index (χ2v) is 8.16. The minimum absolute atomic E-state index is 0.111. The third-order valence-corrected chi connectivity index (χ3v) is 5.98. The molecule has 1 atom stereocenters. The Morgan fingerprint density at radius 2 is 1.82 bits per heavy atom. The fraction of sp³-hybridized carbons (Fsp3) is 0.435. The Morgan fingerprint density at radius 3 is 2.50 bits per heavy atom. The molecule has 0 bridgehead atoms. The van der Waals surface area contributed by atoms with Crippen LogP contribution >= 0.6 is 11.6 Å². The van der Waals surface area contributed by atoms with Crippen LogP contribution < -0.4 is 4.74 Å². The van der Waals surface area contributed by atoms with Gasteiger partial charge in [-0.3, -0.25) is 4.79 Å². The molecule has 0 spiro atoms. The number of nitrogens with zero attached hydrogens (tertiary/aromatic N) is 1. The number of halogens is 1. The van der Waals surface area contributed by atoms with E-state index in [1.54, 1.807) is 0 Å². The van der Waals surface area contributed by atoms with E-state index in [4.69, 9.17) is 16.3 Å². The lowest BCUT2D eigenvalue weighted by molar-refractivity contribution is -0.130. The monoisotopic (exact) mass is 401 g/mol.